The summed E-state index contributed by atoms with van der Waals surface area (Å²) in [5.74, 6) is 2.03. The van der Waals surface area contributed by atoms with Gasteiger partial charge in [-0.2, -0.15) is 0 Å². The second-order valence-corrected chi connectivity index (χ2v) is 11.2. The molecule has 42 heavy (non-hydrogen) atoms. The van der Waals surface area contributed by atoms with Crippen molar-refractivity contribution in [3.05, 3.63) is 52.6 Å². The summed E-state index contributed by atoms with van der Waals surface area (Å²) >= 11 is 0. The molecule has 3 aromatic carbocycles. The van der Waals surface area contributed by atoms with Crippen LogP contribution in [0, 0.1) is 0 Å². The number of nitrogens with one attached hydrogen (secondary N) is 1. The molecule has 0 aromatic heterocycles. The van der Waals surface area contributed by atoms with Gasteiger partial charge in [-0.15, -0.1) is 0 Å². The SMILES string of the molecule is CCNCOc1cc(OC)c2c(c1)-c1c(O)cc3c(c1CC2)C(O)C(c1cc(OC)c(O)c(OC2CCCC2)c1)CO3. The first-order valence-electron chi connectivity index (χ1n) is 14.7. The molecule has 3 aromatic rings. The molecule has 9 heteroatoms. The Labute approximate surface area is 246 Å². The van der Waals surface area contributed by atoms with E-state index in [4.69, 9.17) is 23.7 Å². The Hall–Kier alpha value is -3.82. The second-order valence-electron chi connectivity index (χ2n) is 11.2. The lowest BCUT2D eigenvalue weighted by atomic mass is 9.77. The lowest BCUT2D eigenvalue weighted by Crippen LogP contribution is -2.26. The summed E-state index contributed by atoms with van der Waals surface area (Å²) < 4.78 is 29.5. The van der Waals surface area contributed by atoms with Gasteiger partial charge in [-0.25, -0.2) is 0 Å². The number of phenols is 2. The molecule has 2 atom stereocenters. The van der Waals surface area contributed by atoms with Crippen LogP contribution in [0.3, 0.4) is 0 Å². The summed E-state index contributed by atoms with van der Waals surface area (Å²) in [5.41, 5.74) is 4.70. The van der Waals surface area contributed by atoms with Crippen molar-refractivity contribution in [2.24, 2.45) is 0 Å². The van der Waals surface area contributed by atoms with Crippen molar-refractivity contribution in [3.8, 4) is 51.4 Å². The number of phenolic OH excluding ortho intramolecular Hbond substituents is 2. The predicted molar refractivity (Wildman–Crippen MR) is 157 cm³/mol. The highest BCUT2D eigenvalue weighted by atomic mass is 16.5. The van der Waals surface area contributed by atoms with Crippen molar-refractivity contribution in [2.75, 3.05) is 34.1 Å². The van der Waals surface area contributed by atoms with Gasteiger partial charge in [0.2, 0.25) is 5.75 Å². The molecule has 224 valence electrons. The molecule has 3 aliphatic rings. The van der Waals surface area contributed by atoms with E-state index in [-0.39, 0.29) is 30.0 Å². The molecule has 2 unspecified atom stereocenters. The van der Waals surface area contributed by atoms with E-state index in [0.29, 0.717) is 53.7 Å². The van der Waals surface area contributed by atoms with Crippen LogP contribution in [0.5, 0.6) is 40.2 Å². The summed E-state index contributed by atoms with van der Waals surface area (Å²) in [6.07, 6.45) is 4.47. The van der Waals surface area contributed by atoms with Crippen LogP contribution in [0.2, 0.25) is 0 Å². The smallest absolute Gasteiger partial charge is 0.200 e. The molecule has 0 radical (unpaired) electrons. The molecule has 0 spiro atoms. The average Bonchev–Trinajstić information content (AvgIpc) is 3.51. The van der Waals surface area contributed by atoms with Crippen LogP contribution in [0.1, 0.15) is 66.9 Å². The van der Waals surface area contributed by atoms with Gasteiger partial charge in [-0.05, 0) is 80.0 Å². The minimum absolute atomic E-state index is 0.0419. The van der Waals surface area contributed by atoms with Crippen LogP contribution in [0.4, 0.5) is 0 Å². The largest absolute Gasteiger partial charge is 0.507 e. The van der Waals surface area contributed by atoms with E-state index in [2.05, 4.69) is 5.32 Å². The number of aromatic hydroxyl groups is 2. The Morgan fingerprint density at radius 1 is 0.929 bits per heavy atom. The van der Waals surface area contributed by atoms with Crippen LogP contribution in [0.25, 0.3) is 11.1 Å². The molecule has 1 aliphatic heterocycles. The van der Waals surface area contributed by atoms with Gasteiger partial charge < -0.3 is 39.0 Å². The topological polar surface area (TPSA) is 119 Å². The Bertz CT molecular complexity index is 1470. The summed E-state index contributed by atoms with van der Waals surface area (Å²) in [5, 5.41) is 37.1. The quantitative estimate of drug-likeness (QED) is 0.197. The van der Waals surface area contributed by atoms with Crippen LogP contribution in [-0.2, 0) is 12.8 Å². The van der Waals surface area contributed by atoms with Gasteiger partial charge in [0.15, 0.2) is 11.5 Å². The highest BCUT2D eigenvalue weighted by Crippen LogP contribution is 2.53. The van der Waals surface area contributed by atoms with E-state index in [1.54, 1.807) is 25.3 Å². The average molecular weight is 578 g/mol. The fraction of sp³-hybridized carbons (Fsp3) is 0.455. The van der Waals surface area contributed by atoms with Crippen LogP contribution >= 0.6 is 0 Å². The van der Waals surface area contributed by atoms with E-state index in [0.717, 1.165) is 54.5 Å². The normalized spacial score (nSPS) is 19.3. The lowest BCUT2D eigenvalue weighted by molar-refractivity contribution is 0.0874. The van der Waals surface area contributed by atoms with Gasteiger partial charge >= 0.3 is 0 Å². The fourth-order valence-corrected chi connectivity index (χ4v) is 6.57. The van der Waals surface area contributed by atoms with Crippen molar-refractivity contribution in [3.63, 3.8) is 0 Å². The van der Waals surface area contributed by atoms with E-state index >= 15 is 0 Å². The zero-order valence-corrected chi connectivity index (χ0v) is 24.4. The minimum Gasteiger partial charge on any atom is -0.507 e. The van der Waals surface area contributed by atoms with Gasteiger partial charge in [0.05, 0.1) is 33.0 Å². The van der Waals surface area contributed by atoms with E-state index in [1.807, 2.05) is 19.1 Å². The first kappa shape index (κ1) is 28.3. The molecule has 6 rings (SSSR count). The molecule has 0 amide bonds. The predicted octanol–water partition coefficient (Wildman–Crippen LogP) is 5.36. The molecule has 9 nitrogen and oxygen atoms in total. The summed E-state index contributed by atoms with van der Waals surface area (Å²) in [4.78, 5) is 0. The third kappa shape index (κ3) is 5.05. The number of ether oxygens (including phenoxy) is 5. The molecular formula is C33H39NO8. The summed E-state index contributed by atoms with van der Waals surface area (Å²) in [6, 6.07) is 8.91. The molecule has 1 saturated carbocycles. The highest BCUT2D eigenvalue weighted by molar-refractivity contribution is 5.84. The Balaban J connectivity index is 1.40. The Morgan fingerprint density at radius 3 is 2.40 bits per heavy atom. The molecule has 2 aliphatic carbocycles. The highest BCUT2D eigenvalue weighted by Gasteiger charge is 2.38. The van der Waals surface area contributed by atoms with Gasteiger partial charge in [-0.1, -0.05) is 6.92 Å². The Morgan fingerprint density at radius 2 is 1.67 bits per heavy atom. The molecule has 1 heterocycles. The number of aliphatic hydroxyl groups excluding tert-OH is 1. The number of fused-ring (bicyclic) bond motifs is 5. The van der Waals surface area contributed by atoms with Crippen LogP contribution < -0.4 is 29.0 Å². The van der Waals surface area contributed by atoms with Gasteiger partial charge in [0, 0.05) is 34.7 Å². The van der Waals surface area contributed by atoms with Gasteiger partial charge in [0.25, 0.3) is 0 Å². The molecule has 0 saturated heterocycles. The van der Waals surface area contributed by atoms with Gasteiger partial charge in [-0.3, -0.25) is 5.32 Å². The van der Waals surface area contributed by atoms with Crippen molar-refractivity contribution in [2.45, 2.75) is 63.6 Å². The second kappa shape index (κ2) is 11.8. The minimum atomic E-state index is -0.923. The van der Waals surface area contributed by atoms with E-state index in [1.165, 1.54) is 7.11 Å². The lowest BCUT2D eigenvalue weighted by Gasteiger charge is -2.35. The Kier molecular flexibility index (Phi) is 7.96. The van der Waals surface area contributed by atoms with Crippen molar-refractivity contribution in [1.29, 1.82) is 0 Å². The molecule has 4 N–H and O–H groups in total. The number of hydrogen-bond acceptors (Lipinski definition) is 9. The maximum Gasteiger partial charge on any atom is 0.200 e. The van der Waals surface area contributed by atoms with Crippen molar-refractivity contribution in [1.82, 2.24) is 5.32 Å². The zero-order valence-electron chi connectivity index (χ0n) is 24.4. The zero-order chi connectivity index (χ0) is 29.4. The van der Waals surface area contributed by atoms with Crippen LogP contribution in [-0.4, -0.2) is 55.5 Å². The van der Waals surface area contributed by atoms with E-state index < -0.39 is 12.0 Å². The molecule has 0 bridgehead atoms. The molecular weight excluding hydrogens is 538 g/mol. The first-order chi connectivity index (χ1) is 20.4. The first-order valence-corrected chi connectivity index (χ1v) is 14.7. The number of methoxy groups -OCH3 is 2. The number of aliphatic hydroxyl groups is 1. The van der Waals surface area contributed by atoms with E-state index in [9.17, 15) is 15.3 Å². The monoisotopic (exact) mass is 577 g/mol. The maximum atomic E-state index is 11.9. The van der Waals surface area contributed by atoms with Crippen molar-refractivity contribution >= 4 is 0 Å². The summed E-state index contributed by atoms with van der Waals surface area (Å²) in [7, 11) is 3.13. The summed E-state index contributed by atoms with van der Waals surface area (Å²) in [6.45, 7) is 3.32. The number of hydrogen-bond donors (Lipinski definition) is 4. The number of benzene rings is 3. The molecule has 1 fully saturated rings. The standard InChI is InChI=1S/C33H39NO8/c1-4-34-17-41-20-13-23-21(26(14-20)38-2)9-10-22-30(23)25(35)15-27-31(22)32(36)24(16-40-27)18-11-28(39-3)33(37)29(12-18)42-19-7-5-6-8-19/h11-15,19,24,32,34-37H,4-10,16-17H2,1-3H3. The number of rotatable bonds is 9. The van der Waals surface area contributed by atoms with Crippen LogP contribution in [0.15, 0.2) is 30.3 Å². The van der Waals surface area contributed by atoms with Gasteiger partial charge in [0.1, 0.15) is 29.7 Å². The van der Waals surface area contributed by atoms with Crippen molar-refractivity contribution < 1.29 is 39.0 Å². The maximum absolute atomic E-state index is 11.9. The third-order valence-electron chi connectivity index (χ3n) is 8.71. The third-order valence-corrected chi connectivity index (χ3v) is 8.71. The fourth-order valence-electron chi connectivity index (χ4n) is 6.57.